The van der Waals surface area contributed by atoms with Crippen molar-refractivity contribution in [3.05, 3.63) is 59.0 Å². The van der Waals surface area contributed by atoms with Crippen LogP contribution in [0.3, 0.4) is 0 Å². The van der Waals surface area contributed by atoms with Gasteiger partial charge in [0, 0.05) is 17.8 Å². The molecule has 2 heterocycles. The van der Waals surface area contributed by atoms with Gasteiger partial charge >= 0.3 is 0 Å². The number of halogens is 2. The van der Waals surface area contributed by atoms with Crippen LogP contribution >= 0.6 is 11.6 Å². The number of hydrogen-bond donors (Lipinski definition) is 3. The van der Waals surface area contributed by atoms with E-state index >= 15 is 0 Å². The summed E-state index contributed by atoms with van der Waals surface area (Å²) in [5.41, 5.74) is 1.94. The van der Waals surface area contributed by atoms with Gasteiger partial charge in [0.05, 0.1) is 22.0 Å². The van der Waals surface area contributed by atoms with Crippen molar-refractivity contribution in [2.24, 2.45) is 0 Å². The number of nitrogens with zero attached hydrogens (tertiary/aromatic N) is 2. The van der Waals surface area contributed by atoms with E-state index in [9.17, 15) is 17.6 Å². The third kappa shape index (κ3) is 5.15. The highest BCUT2D eigenvalue weighted by molar-refractivity contribution is 7.92. The Hall–Kier alpha value is -3.24. The predicted octanol–water partition coefficient (Wildman–Crippen LogP) is 5.95. The molecule has 4 rings (SSSR count). The molecule has 0 saturated carbocycles. The number of fused-ring (bicyclic) bond motifs is 1. The number of hydrogen-bond acceptors (Lipinski definition) is 7. The molecule has 0 fully saturated rings. The van der Waals surface area contributed by atoms with E-state index in [1.807, 2.05) is 12.1 Å². The van der Waals surface area contributed by atoms with Gasteiger partial charge in [-0.3, -0.25) is 4.79 Å². The first kappa shape index (κ1) is 25.8. The Morgan fingerprint density at radius 2 is 1.92 bits per heavy atom. The van der Waals surface area contributed by atoms with E-state index < -0.39 is 20.9 Å². The molecule has 0 bridgehead atoms. The minimum absolute atomic E-state index is 0.0220. The zero-order chi connectivity index (χ0) is 26.3. The zero-order valence-electron chi connectivity index (χ0n) is 20.3. The van der Waals surface area contributed by atoms with Crippen LogP contribution in [0.25, 0.3) is 0 Å². The van der Waals surface area contributed by atoms with Crippen LogP contribution in [0.15, 0.2) is 47.5 Å². The van der Waals surface area contributed by atoms with Crippen LogP contribution in [0.5, 0.6) is 0 Å². The molecule has 8 nitrogen and oxygen atoms in total. The van der Waals surface area contributed by atoms with Crippen LogP contribution in [0.1, 0.15) is 46.1 Å². The van der Waals surface area contributed by atoms with Gasteiger partial charge in [-0.05, 0) is 61.6 Å². The molecule has 3 N–H and O–H groups in total. The lowest BCUT2D eigenvalue weighted by atomic mass is 9.80. The highest BCUT2D eigenvalue weighted by atomic mass is 35.5. The highest BCUT2D eigenvalue weighted by Gasteiger charge is 2.29. The first-order valence-corrected chi connectivity index (χ1v) is 13.3. The van der Waals surface area contributed by atoms with Crippen LogP contribution in [-0.4, -0.2) is 29.5 Å². The number of carbonyl (C=O) groups is 1. The third-order valence-corrected chi connectivity index (χ3v) is 8.62. The molecule has 0 unspecified atom stereocenters. The highest BCUT2D eigenvalue weighted by Crippen LogP contribution is 2.39. The number of nitrogens with one attached hydrogen (secondary N) is 3. The molecular formula is C25H27ClFN5O3S. The molecule has 11 heteroatoms. The molecule has 36 heavy (non-hydrogen) atoms. The maximum Gasteiger partial charge on any atom is 0.229 e. The lowest BCUT2D eigenvalue weighted by molar-refractivity contribution is -0.116. The van der Waals surface area contributed by atoms with E-state index in [4.69, 9.17) is 11.6 Å². The first-order valence-electron chi connectivity index (χ1n) is 11.4. The number of benzene rings is 2. The molecule has 0 radical (unpaired) electrons. The fourth-order valence-corrected chi connectivity index (χ4v) is 5.29. The van der Waals surface area contributed by atoms with Crippen molar-refractivity contribution >= 4 is 56.2 Å². The topological polar surface area (TPSA) is 113 Å². The van der Waals surface area contributed by atoms with Crippen molar-refractivity contribution in [2.75, 3.05) is 16.0 Å². The second-order valence-corrected chi connectivity index (χ2v) is 12.4. The average molecular weight is 532 g/mol. The van der Waals surface area contributed by atoms with Crippen LogP contribution < -0.4 is 16.0 Å². The standard InChI is InChI=1S/C25H27ClFN5O3S/c1-14(2)36(34,35)20-7-5-6-18(27)22(20)31-23-17(26)13-28-24(32-23)29-15-8-9-19-16(12-15)25(3,4)11-10-21(33)30-19/h5-9,12-14H,10-11H2,1-4H3,(H,30,33)(H2,28,29,31,32). The maximum atomic E-state index is 14.7. The maximum absolute atomic E-state index is 14.7. The summed E-state index contributed by atoms with van der Waals surface area (Å²) in [6, 6.07) is 9.37. The number of carbonyl (C=O) groups excluding carboxylic acids is 1. The fraction of sp³-hybridized carbons (Fsp3) is 0.320. The SMILES string of the molecule is CC(C)S(=O)(=O)c1cccc(F)c1Nc1nc(Nc2ccc3c(c2)C(C)(C)CCC(=O)N3)ncc1Cl. The Labute approximate surface area is 214 Å². The third-order valence-electron chi connectivity index (χ3n) is 6.15. The number of sulfone groups is 1. The summed E-state index contributed by atoms with van der Waals surface area (Å²) in [4.78, 5) is 20.4. The summed E-state index contributed by atoms with van der Waals surface area (Å²) in [7, 11) is -3.78. The molecule has 0 atom stereocenters. The molecule has 0 saturated heterocycles. The Balaban J connectivity index is 1.67. The number of aromatic nitrogens is 2. The van der Waals surface area contributed by atoms with Crippen molar-refractivity contribution in [1.82, 2.24) is 9.97 Å². The van der Waals surface area contributed by atoms with Gasteiger partial charge in [0.25, 0.3) is 0 Å². The quantitative estimate of drug-likeness (QED) is 0.360. The molecule has 1 aromatic heterocycles. The van der Waals surface area contributed by atoms with Gasteiger partial charge in [0.15, 0.2) is 15.7 Å². The smallest absolute Gasteiger partial charge is 0.229 e. The number of rotatable bonds is 6. The summed E-state index contributed by atoms with van der Waals surface area (Å²) in [5, 5.41) is 8.13. The normalized spacial score (nSPS) is 15.1. The largest absolute Gasteiger partial charge is 0.335 e. The molecule has 190 valence electrons. The molecule has 1 aliphatic rings. The van der Waals surface area contributed by atoms with Gasteiger partial charge in [-0.1, -0.05) is 31.5 Å². The van der Waals surface area contributed by atoms with Gasteiger partial charge in [0.1, 0.15) is 10.8 Å². The second kappa shape index (κ2) is 9.67. The van der Waals surface area contributed by atoms with Gasteiger partial charge in [-0.2, -0.15) is 4.98 Å². The first-order chi connectivity index (χ1) is 16.9. The van der Waals surface area contributed by atoms with Crippen LogP contribution in [0, 0.1) is 5.82 Å². The number of amides is 1. The van der Waals surface area contributed by atoms with Crippen molar-refractivity contribution in [1.29, 1.82) is 0 Å². The molecule has 1 aliphatic heterocycles. The van der Waals surface area contributed by atoms with E-state index in [1.54, 1.807) is 6.07 Å². The minimum atomic E-state index is -3.78. The Kier molecular flexibility index (Phi) is 6.94. The van der Waals surface area contributed by atoms with E-state index in [0.29, 0.717) is 18.5 Å². The molecular weight excluding hydrogens is 505 g/mol. The van der Waals surface area contributed by atoms with Crippen molar-refractivity contribution in [3.63, 3.8) is 0 Å². The number of anilines is 5. The average Bonchev–Trinajstić information content (AvgIpc) is 2.92. The predicted molar refractivity (Wildman–Crippen MR) is 140 cm³/mol. The van der Waals surface area contributed by atoms with Crippen LogP contribution in [-0.2, 0) is 20.0 Å². The summed E-state index contributed by atoms with van der Waals surface area (Å²) in [6.45, 7) is 7.20. The summed E-state index contributed by atoms with van der Waals surface area (Å²) in [5.74, 6) is -0.564. The van der Waals surface area contributed by atoms with Gasteiger partial charge in [0.2, 0.25) is 11.9 Å². The Bertz CT molecular complexity index is 1440. The molecule has 0 aliphatic carbocycles. The summed E-state index contributed by atoms with van der Waals surface area (Å²) >= 11 is 6.27. The van der Waals surface area contributed by atoms with Crippen molar-refractivity contribution < 1.29 is 17.6 Å². The Morgan fingerprint density at radius 3 is 2.64 bits per heavy atom. The van der Waals surface area contributed by atoms with E-state index in [2.05, 4.69) is 39.8 Å². The summed E-state index contributed by atoms with van der Waals surface area (Å²) in [6.07, 6.45) is 2.47. The second-order valence-electron chi connectivity index (χ2n) is 9.54. The van der Waals surface area contributed by atoms with Crippen LogP contribution in [0.2, 0.25) is 5.02 Å². The van der Waals surface area contributed by atoms with E-state index in [0.717, 1.165) is 17.3 Å². The van der Waals surface area contributed by atoms with Gasteiger partial charge in [-0.25, -0.2) is 17.8 Å². The monoisotopic (exact) mass is 531 g/mol. The molecule has 3 aromatic rings. The lowest BCUT2D eigenvalue weighted by Crippen LogP contribution is -2.17. The number of para-hydroxylation sites is 1. The van der Waals surface area contributed by atoms with Gasteiger partial charge < -0.3 is 16.0 Å². The zero-order valence-corrected chi connectivity index (χ0v) is 21.9. The van der Waals surface area contributed by atoms with Crippen molar-refractivity contribution in [2.45, 2.75) is 56.1 Å². The summed E-state index contributed by atoms with van der Waals surface area (Å²) < 4.78 is 40.3. The van der Waals surface area contributed by atoms with Gasteiger partial charge in [-0.15, -0.1) is 0 Å². The molecule has 0 spiro atoms. The van der Waals surface area contributed by atoms with E-state index in [-0.39, 0.29) is 38.7 Å². The van der Waals surface area contributed by atoms with E-state index in [1.165, 1.54) is 32.2 Å². The van der Waals surface area contributed by atoms with Crippen LogP contribution in [0.4, 0.5) is 33.2 Å². The van der Waals surface area contributed by atoms with Crippen molar-refractivity contribution in [3.8, 4) is 0 Å². The lowest BCUT2D eigenvalue weighted by Gasteiger charge is -2.25. The fourth-order valence-electron chi connectivity index (χ4n) is 3.94. The Morgan fingerprint density at radius 1 is 1.17 bits per heavy atom. The molecule has 2 aromatic carbocycles. The molecule has 1 amide bonds. The minimum Gasteiger partial charge on any atom is -0.335 e.